The van der Waals surface area contributed by atoms with E-state index in [2.05, 4.69) is 217 Å². The number of nitrogens with zero attached hydrogens (tertiary/aromatic N) is 4. The van der Waals surface area contributed by atoms with Gasteiger partial charge in [-0.15, -0.1) is 11.3 Å². The van der Waals surface area contributed by atoms with Crippen molar-refractivity contribution in [2.24, 2.45) is 0 Å². The zero-order chi connectivity index (χ0) is 41.1. The summed E-state index contributed by atoms with van der Waals surface area (Å²) in [5, 5.41) is 6.10. The van der Waals surface area contributed by atoms with E-state index >= 15 is 0 Å². The molecule has 5 heteroatoms. The van der Waals surface area contributed by atoms with E-state index in [-0.39, 0.29) is 5.41 Å². The van der Waals surface area contributed by atoms with Crippen LogP contribution in [0.25, 0.3) is 109 Å². The largest absolute Gasteiger partial charge is 0.309 e. The lowest BCUT2D eigenvalue weighted by molar-refractivity contribution is 0.660. The second-order valence-electron chi connectivity index (χ2n) is 17.0. The van der Waals surface area contributed by atoms with Crippen LogP contribution in [0.5, 0.6) is 0 Å². The van der Waals surface area contributed by atoms with Gasteiger partial charge in [-0.3, -0.25) is 0 Å². The predicted octanol–water partition coefficient (Wildman–Crippen LogP) is 15.2. The molecule has 0 amide bonds. The molecule has 0 saturated heterocycles. The number of hydrogen-bond acceptors (Lipinski definition) is 3. The van der Waals surface area contributed by atoms with Crippen molar-refractivity contribution in [1.82, 2.24) is 19.1 Å². The van der Waals surface area contributed by atoms with Gasteiger partial charge in [0, 0.05) is 54.2 Å². The first-order chi connectivity index (χ1) is 30.5. The van der Waals surface area contributed by atoms with Gasteiger partial charge < -0.3 is 9.13 Å². The zero-order valence-electron chi connectivity index (χ0n) is 34.2. The Kier molecular flexibility index (Phi) is 7.49. The molecule has 0 N–H and O–H groups in total. The SMILES string of the molecule is CC1(C)c2ccccc2-c2c(-c3cc(-c4cc5ccccc5s4)nc(-c4cc(-n5c6ccccc6c6ccccc65)cc(-n5c6ccccc6c6ccccc65)c4)n3)cccc21. The summed E-state index contributed by atoms with van der Waals surface area (Å²) in [4.78, 5) is 12.3. The molecule has 0 spiro atoms. The number of aromatic nitrogens is 4. The molecular weight excluding hydrogens is 773 g/mol. The highest BCUT2D eigenvalue weighted by molar-refractivity contribution is 7.22. The summed E-state index contributed by atoms with van der Waals surface area (Å²) in [5.74, 6) is 0.683. The maximum atomic E-state index is 5.62. The van der Waals surface area contributed by atoms with Crippen molar-refractivity contribution >= 4 is 65.0 Å². The highest BCUT2D eigenvalue weighted by Crippen LogP contribution is 2.52. The van der Waals surface area contributed by atoms with E-state index < -0.39 is 0 Å². The maximum absolute atomic E-state index is 5.62. The Morgan fingerprint density at radius 3 is 1.55 bits per heavy atom. The Morgan fingerprint density at radius 1 is 0.435 bits per heavy atom. The normalized spacial score (nSPS) is 13.1. The monoisotopic (exact) mass is 810 g/mol. The average molecular weight is 811 g/mol. The number of benzene rings is 8. The first-order valence-corrected chi connectivity index (χ1v) is 22.1. The Bertz CT molecular complexity index is 3530. The van der Waals surface area contributed by atoms with Crippen LogP contribution in [0.2, 0.25) is 0 Å². The Morgan fingerprint density at radius 2 is 0.935 bits per heavy atom. The predicted molar refractivity (Wildman–Crippen MR) is 260 cm³/mol. The molecule has 0 aliphatic heterocycles. The molecule has 4 heterocycles. The number of rotatable bonds is 5. The molecular formula is C57H38N4S. The van der Waals surface area contributed by atoms with E-state index in [0.29, 0.717) is 5.82 Å². The van der Waals surface area contributed by atoms with Crippen molar-refractivity contribution in [3.05, 3.63) is 205 Å². The van der Waals surface area contributed by atoms with Gasteiger partial charge >= 0.3 is 0 Å². The first-order valence-electron chi connectivity index (χ1n) is 21.2. The molecule has 62 heavy (non-hydrogen) atoms. The highest BCUT2D eigenvalue weighted by Gasteiger charge is 2.37. The van der Waals surface area contributed by atoms with E-state index in [1.165, 1.54) is 53.9 Å². The molecule has 4 nitrogen and oxygen atoms in total. The quantitative estimate of drug-likeness (QED) is 0.174. The van der Waals surface area contributed by atoms with E-state index in [4.69, 9.17) is 9.97 Å². The minimum Gasteiger partial charge on any atom is -0.309 e. The summed E-state index contributed by atoms with van der Waals surface area (Å²) in [6.07, 6.45) is 0. The van der Waals surface area contributed by atoms with Gasteiger partial charge in [-0.05, 0) is 88.3 Å². The number of fused-ring (bicyclic) bond motifs is 10. The second-order valence-corrected chi connectivity index (χ2v) is 18.1. The Hall–Kier alpha value is -7.60. The number of para-hydroxylation sites is 4. The van der Waals surface area contributed by atoms with Crippen LogP contribution in [-0.2, 0) is 5.41 Å². The van der Waals surface area contributed by atoms with Crippen LogP contribution >= 0.6 is 11.3 Å². The lowest BCUT2D eigenvalue weighted by Crippen LogP contribution is -2.14. The van der Waals surface area contributed by atoms with Crippen LogP contribution in [0.3, 0.4) is 0 Å². The van der Waals surface area contributed by atoms with Gasteiger partial charge in [0.25, 0.3) is 0 Å². The van der Waals surface area contributed by atoms with Crippen molar-refractivity contribution in [2.75, 3.05) is 0 Å². The maximum Gasteiger partial charge on any atom is 0.160 e. The summed E-state index contributed by atoms with van der Waals surface area (Å²) in [5.41, 5.74) is 15.6. The molecule has 0 atom stereocenters. The van der Waals surface area contributed by atoms with Crippen LogP contribution in [0, 0.1) is 0 Å². The molecule has 292 valence electrons. The standard InChI is InChI=1S/C57H38N4S/c1-57(2)45-23-9-4-21-43(45)55-44(22-15-24-46(55)57)47-34-48(54-32-35-16-3-14-29-53(35)62-54)59-56(58-47)36-30-37(60-49-25-10-5-17-39(49)40-18-6-11-26-50(40)60)33-38(31-36)61-51-27-12-7-19-41(51)42-20-8-13-28-52(42)61/h3-34H,1-2H3. The fraction of sp³-hybridized carbons (Fsp3) is 0.0526. The van der Waals surface area contributed by atoms with Crippen molar-refractivity contribution in [1.29, 1.82) is 0 Å². The van der Waals surface area contributed by atoms with Crippen molar-refractivity contribution in [2.45, 2.75) is 19.3 Å². The van der Waals surface area contributed by atoms with Gasteiger partial charge in [0.05, 0.1) is 38.3 Å². The lowest BCUT2D eigenvalue weighted by atomic mass is 9.82. The summed E-state index contributed by atoms with van der Waals surface area (Å²) in [6, 6.07) is 70.5. The van der Waals surface area contributed by atoms with Crippen molar-refractivity contribution < 1.29 is 0 Å². The lowest BCUT2D eigenvalue weighted by Gasteiger charge is -2.21. The second kappa shape index (κ2) is 13.2. The minimum absolute atomic E-state index is 0.139. The van der Waals surface area contributed by atoms with E-state index in [9.17, 15) is 0 Å². The van der Waals surface area contributed by atoms with E-state index in [1.54, 1.807) is 11.3 Å². The van der Waals surface area contributed by atoms with Gasteiger partial charge in [-0.2, -0.15) is 0 Å². The molecule has 1 aliphatic rings. The van der Waals surface area contributed by atoms with E-state index in [1.807, 2.05) is 0 Å². The molecule has 4 aromatic heterocycles. The van der Waals surface area contributed by atoms with Crippen LogP contribution < -0.4 is 0 Å². The van der Waals surface area contributed by atoms with Crippen LogP contribution in [-0.4, -0.2) is 19.1 Å². The summed E-state index contributed by atoms with van der Waals surface area (Å²) in [6.45, 7) is 4.68. The van der Waals surface area contributed by atoms with Crippen LogP contribution in [0.1, 0.15) is 25.0 Å². The summed E-state index contributed by atoms with van der Waals surface area (Å²) < 4.78 is 6.05. The summed E-state index contributed by atoms with van der Waals surface area (Å²) >= 11 is 1.78. The molecule has 0 radical (unpaired) electrons. The number of thiophene rings is 1. The molecule has 0 saturated carbocycles. The smallest absolute Gasteiger partial charge is 0.160 e. The molecule has 0 unspecified atom stereocenters. The Balaban J connectivity index is 1.13. The average Bonchev–Trinajstić information content (AvgIpc) is 4.06. The molecule has 1 aliphatic carbocycles. The zero-order valence-corrected chi connectivity index (χ0v) is 35.0. The van der Waals surface area contributed by atoms with Crippen LogP contribution in [0.15, 0.2) is 194 Å². The van der Waals surface area contributed by atoms with Gasteiger partial charge in [-0.25, -0.2) is 9.97 Å². The molecule has 0 bridgehead atoms. The third-order valence-electron chi connectivity index (χ3n) is 13.1. The molecule has 13 rings (SSSR count). The fourth-order valence-electron chi connectivity index (χ4n) is 10.3. The molecule has 0 fully saturated rings. The summed E-state index contributed by atoms with van der Waals surface area (Å²) in [7, 11) is 0. The van der Waals surface area contributed by atoms with Gasteiger partial charge in [-0.1, -0.05) is 147 Å². The van der Waals surface area contributed by atoms with Gasteiger partial charge in [0.15, 0.2) is 5.82 Å². The van der Waals surface area contributed by atoms with Gasteiger partial charge in [0.2, 0.25) is 0 Å². The first kappa shape index (κ1) is 35.2. The Labute approximate surface area is 362 Å². The third kappa shape index (κ3) is 5.12. The molecule has 8 aromatic carbocycles. The van der Waals surface area contributed by atoms with Crippen molar-refractivity contribution in [3.8, 4) is 55.7 Å². The fourth-order valence-corrected chi connectivity index (χ4v) is 11.3. The van der Waals surface area contributed by atoms with Crippen molar-refractivity contribution in [3.63, 3.8) is 0 Å². The topological polar surface area (TPSA) is 35.6 Å². The minimum atomic E-state index is -0.139. The van der Waals surface area contributed by atoms with Gasteiger partial charge in [0.1, 0.15) is 0 Å². The van der Waals surface area contributed by atoms with Crippen LogP contribution in [0.4, 0.5) is 0 Å². The van der Waals surface area contributed by atoms with E-state index in [0.717, 1.165) is 60.8 Å². The molecule has 12 aromatic rings. The number of hydrogen-bond donors (Lipinski definition) is 0. The highest BCUT2D eigenvalue weighted by atomic mass is 32.1. The third-order valence-corrected chi connectivity index (χ3v) is 14.3.